The molecule has 0 atom stereocenters. The molecule has 4 rings (SSSR count). The van der Waals surface area contributed by atoms with Crippen LogP contribution in [0.4, 0.5) is 19.4 Å². The molecule has 0 aliphatic heterocycles. The maximum absolute atomic E-state index is 13.2. The van der Waals surface area contributed by atoms with E-state index in [-0.39, 0.29) is 24.0 Å². The Balaban J connectivity index is 1.38. The molecule has 10 heteroatoms. The van der Waals surface area contributed by atoms with Gasteiger partial charge in [-0.05, 0) is 34.4 Å². The van der Waals surface area contributed by atoms with E-state index in [9.17, 15) is 23.2 Å². The fourth-order valence-electron chi connectivity index (χ4n) is 3.73. The number of ether oxygens (including phenoxy) is 1. The zero-order chi connectivity index (χ0) is 24.3. The molecule has 174 valence electrons. The van der Waals surface area contributed by atoms with Crippen molar-refractivity contribution in [2.24, 2.45) is 0 Å². The van der Waals surface area contributed by atoms with E-state index in [2.05, 4.69) is 10.3 Å². The number of rotatable bonds is 7. The first-order chi connectivity index (χ1) is 16.3. The number of carboxylic acid groups (broad SMARTS) is 1. The fourth-order valence-corrected chi connectivity index (χ4v) is 3.73. The number of aromatic nitrogens is 1. The Labute approximate surface area is 192 Å². The topological polar surface area (TPSA) is 118 Å². The first-order valence-electron chi connectivity index (χ1n) is 10.2. The number of hydrogen-bond acceptors (Lipinski definition) is 5. The molecule has 8 nitrogen and oxygen atoms in total. The number of carbonyl (C=O) groups is 3. The highest BCUT2D eigenvalue weighted by Gasteiger charge is 2.39. The van der Waals surface area contributed by atoms with Gasteiger partial charge in [-0.1, -0.05) is 54.6 Å². The zero-order valence-electron chi connectivity index (χ0n) is 17.6. The molecule has 0 fully saturated rings. The predicted octanol–water partition coefficient (Wildman–Crippen LogP) is 3.89. The van der Waals surface area contributed by atoms with Crippen molar-refractivity contribution in [3.63, 3.8) is 0 Å². The van der Waals surface area contributed by atoms with Gasteiger partial charge in [0, 0.05) is 5.92 Å². The van der Waals surface area contributed by atoms with Crippen molar-refractivity contribution in [3.05, 3.63) is 83.6 Å². The molecule has 0 radical (unpaired) electrons. The van der Waals surface area contributed by atoms with Crippen molar-refractivity contribution in [1.82, 2.24) is 10.3 Å². The van der Waals surface area contributed by atoms with Gasteiger partial charge in [0.2, 0.25) is 0 Å². The Kier molecular flexibility index (Phi) is 6.22. The second-order valence-corrected chi connectivity index (χ2v) is 7.55. The summed E-state index contributed by atoms with van der Waals surface area (Å²) in [6.07, 6.45) is -0.802. The van der Waals surface area contributed by atoms with Crippen molar-refractivity contribution in [2.45, 2.75) is 11.8 Å². The van der Waals surface area contributed by atoms with Gasteiger partial charge < -0.3 is 15.2 Å². The number of aliphatic carboxylic acids is 1. The number of benzene rings is 2. The van der Waals surface area contributed by atoms with Crippen LogP contribution in [-0.4, -0.2) is 47.1 Å². The lowest BCUT2D eigenvalue weighted by atomic mass is 9.98. The number of halogens is 2. The molecule has 2 amide bonds. The monoisotopic (exact) mass is 467 g/mol. The maximum Gasteiger partial charge on any atom is 0.412 e. The molecule has 3 aromatic rings. The molecular formula is C24H19F2N3O5. The third-order valence-electron chi connectivity index (χ3n) is 5.34. The molecule has 34 heavy (non-hydrogen) atoms. The van der Waals surface area contributed by atoms with Crippen LogP contribution in [0.5, 0.6) is 0 Å². The van der Waals surface area contributed by atoms with Crippen LogP contribution >= 0.6 is 0 Å². The summed E-state index contributed by atoms with van der Waals surface area (Å²) < 4.78 is 31.7. The van der Waals surface area contributed by atoms with E-state index >= 15 is 0 Å². The van der Waals surface area contributed by atoms with Gasteiger partial charge in [0.1, 0.15) is 18.1 Å². The van der Waals surface area contributed by atoms with E-state index in [1.807, 2.05) is 48.5 Å². The number of carbonyl (C=O) groups excluding carboxylic acids is 2. The summed E-state index contributed by atoms with van der Waals surface area (Å²) in [6, 6.07) is 19.7. The van der Waals surface area contributed by atoms with Gasteiger partial charge >= 0.3 is 18.0 Å². The van der Waals surface area contributed by atoms with Crippen LogP contribution in [0.25, 0.3) is 11.1 Å². The van der Waals surface area contributed by atoms with Crippen LogP contribution in [0.15, 0.2) is 66.7 Å². The van der Waals surface area contributed by atoms with Gasteiger partial charge in [-0.2, -0.15) is 8.78 Å². The third-order valence-corrected chi connectivity index (χ3v) is 5.34. The van der Waals surface area contributed by atoms with E-state index in [1.165, 1.54) is 18.2 Å². The molecule has 0 bridgehead atoms. The Bertz CT molecular complexity index is 1220. The second-order valence-electron chi connectivity index (χ2n) is 7.55. The summed E-state index contributed by atoms with van der Waals surface area (Å²) in [5.74, 6) is -7.66. The Morgan fingerprint density at radius 1 is 0.941 bits per heavy atom. The number of carboxylic acids is 1. The van der Waals surface area contributed by atoms with Gasteiger partial charge in [0.05, 0.1) is 6.54 Å². The summed E-state index contributed by atoms with van der Waals surface area (Å²) in [4.78, 5) is 38.8. The van der Waals surface area contributed by atoms with Gasteiger partial charge in [0.25, 0.3) is 5.91 Å². The third kappa shape index (κ3) is 4.70. The molecule has 1 heterocycles. The lowest BCUT2D eigenvalue weighted by Crippen LogP contribution is -2.42. The second kappa shape index (κ2) is 9.26. The first-order valence-corrected chi connectivity index (χ1v) is 10.2. The Morgan fingerprint density at radius 3 is 2.18 bits per heavy atom. The standard InChI is InChI=1S/C24H19F2N3O5/c25-24(26,22(31)32)13-27-21(30)19-10-5-11-20(28-19)29-23(33)34-12-18-16-8-3-1-6-14(16)15-7-2-4-9-17(15)18/h1-11,18H,12-13H2,(H,27,30)(H,31,32)(H,28,29,33). The summed E-state index contributed by atoms with van der Waals surface area (Å²) in [5.41, 5.74) is 3.98. The van der Waals surface area contributed by atoms with Crippen molar-refractivity contribution < 1.29 is 33.0 Å². The van der Waals surface area contributed by atoms with E-state index in [0.29, 0.717) is 0 Å². The van der Waals surface area contributed by atoms with Crippen LogP contribution in [0.3, 0.4) is 0 Å². The predicted molar refractivity (Wildman–Crippen MR) is 118 cm³/mol. The van der Waals surface area contributed by atoms with Crippen LogP contribution in [0.2, 0.25) is 0 Å². The Morgan fingerprint density at radius 2 is 1.56 bits per heavy atom. The molecular weight excluding hydrogens is 448 g/mol. The molecule has 2 aromatic carbocycles. The van der Waals surface area contributed by atoms with E-state index < -0.39 is 30.4 Å². The summed E-state index contributed by atoms with van der Waals surface area (Å²) in [5, 5.41) is 12.6. The quantitative estimate of drug-likeness (QED) is 0.485. The highest BCUT2D eigenvalue weighted by Crippen LogP contribution is 2.44. The molecule has 1 aliphatic rings. The number of nitrogens with zero attached hydrogens (tertiary/aromatic N) is 1. The average Bonchev–Trinajstić information content (AvgIpc) is 3.15. The van der Waals surface area contributed by atoms with Crippen LogP contribution in [0.1, 0.15) is 27.5 Å². The zero-order valence-corrected chi connectivity index (χ0v) is 17.6. The fraction of sp³-hybridized carbons (Fsp3) is 0.167. The Hall–Kier alpha value is -4.34. The summed E-state index contributed by atoms with van der Waals surface area (Å²) >= 11 is 0. The highest BCUT2D eigenvalue weighted by molar-refractivity contribution is 5.93. The smallest absolute Gasteiger partial charge is 0.412 e. The number of fused-ring (bicyclic) bond motifs is 3. The van der Waals surface area contributed by atoms with Crippen molar-refractivity contribution in [1.29, 1.82) is 0 Å². The minimum atomic E-state index is -4.12. The SMILES string of the molecule is O=C(Nc1cccc(C(=O)NCC(F)(F)C(=O)O)n1)OCC1c2ccccc2-c2ccccc21. The van der Waals surface area contributed by atoms with Gasteiger partial charge in [0.15, 0.2) is 0 Å². The summed E-state index contributed by atoms with van der Waals surface area (Å²) in [6.45, 7) is -1.32. The minimum absolute atomic E-state index is 0.0325. The van der Waals surface area contributed by atoms with Crippen LogP contribution in [0, 0.1) is 0 Å². The van der Waals surface area contributed by atoms with E-state index in [0.717, 1.165) is 22.3 Å². The normalized spacial score (nSPS) is 12.4. The maximum atomic E-state index is 13.2. The molecule has 1 aliphatic carbocycles. The lowest BCUT2D eigenvalue weighted by molar-refractivity contribution is -0.163. The number of pyridine rings is 1. The average molecular weight is 467 g/mol. The van der Waals surface area contributed by atoms with Crippen molar-refractivity contribution in [3.8, 4) is 11.1 Å². The van der Waals surface area contributed by atoms with E-state index in [4.69, 9.17) is 9.84 Å². The van der Waals surface area contributed by atoms with Crippen LogP contribution < -0.4 is 10.6 Å². The van der Waals surface area contributed by atoms with Gasteiger partial charge in [-0.3, -0.25) is 10.1 Å². The number of alkyl halides is 2. The molecule has 0 saturated heterocycles. The van der Waals surface area contributed by atoms with Crippen LogP contribution in [-0.2, 0) is 9.53 Å². The molecule has 0 spiro atoms. The number of amides is 2. The highest BCUT2D eigenvalue weighted by atomic mass is 19.3. The van der Waals surface area contributed by atoms with Gasteiger partial charge in [-0.25, -0.2) is 14.6 Å². The van der Waals surface area contributed by atoms with Crippen molar-refractivity contribution in [2.75, 3.05) is 18.5 Å². The molecule has 1 aromatic heterocycles. The molecule has 0 unspecified atom stereocenters. The van der Waals surface area contributed by atoms with Crippen molar-refractivity contribution >= 4 is 23.8 Å². The number of nitrogens with one attached hydrogen (secondary N) is 2. The van der Waals surface area contributed by atoms with E-state index in [1.54, 1.807) is 5.32 Å². The lowest BCUT2D eigenvalue weighted by Gasteiger charge is -2.15. The number of hydrogen-bond donors (Lipinski definition) is 3. The molecule has 0 saturated carbocycles. The number of anilines is 1. The molecule has 3 N–H and O–H groups in total. The first kappa shape index (κ1) is 22.8. The van der Waals surface area contributed by atoms with Gasteiger partial charge in [-0.15, -0.1) is 0 Å². The largest absolute Gasteiger partial charge is 0.477 e. The summed E-state index contributed by atoms with van der Waals surface area (Å²) in [7, 11) is 0. The minimum Gasteiger partial charge on any atom is -0.477 e.